The largest absolute Gasteiger partial charge is 0.455 e. The van der Waals surface area contributed by atoms with E-state index in [-0.39, 0.29) is 0 Å². The van der Waals surface area contributed by atoms with Crippen molar-refractivity contribution in [1.29, 1.82) is 0 Å². The maximum absolute atomic E-state index is 8.00. The summed E-state index contributed by atoms with van der Waals surface area (Å²) in [7, 11) is 0. The van der Waals surface area contributed by atoms with Crippen LogP contribution in [0.5, 0.6) is 0 Å². The van der Waals surface area contributed by atoms with E-state index in [1.54, 1.807) is 0 Å². The van der Waals surface area contributed by atoms with Gasteiger partial charge in [0.1, 0.15) is 11.2 Å². The standard InChI is InChI=1S/C36H22O/c1-2-12-24(13-3-1)33-26-15-6-8-17-28(26)34(29-18-9-7-16-27(29)33)30-19-10-20-32-35(30)31-22-21-23-11-4-5-14-25(23)36(31)37-32/h1-22H/i1D. The number of hydrogen-bond acceptors (Lipinski definition) is 1. The zero-order valence-electron chi connectivity index (χ0n) is 21.0. The molecule has 0 aliphatic heterocycles. The summed E-state index contributed by atoms with van der Waals surface area (Å²) >= 11 is 0. The van der Waals surface area contributed by atoms with E-state index in [0.717, 1.165) is 32.9 Å². The van der Waals surface area contributed by atoms with E-state index in [9.17, 15) is 0 Å². The lowest BCUT2D eigenvalue weighted by Crippen LogP contribution is -1.91. The quantitative estimate of drug-likeness (QED) is 0.229. The second-order valence-corrected chi connectivity index (χ2v) is 9.57. The van der Waals surface area contributed by atoms with Crippen molar-refractivity contribution in [2.24, 2.45) is 0 Å². The van der Waals surface area contributed by atoms with Crippen LogP contribution < -0.4 is 0 Å². The highest BCUT2D eigenvalue weighted by Crippen LogP contribution is 2.47. The van der Waals surface area contributed by atoms with Gasteiger partial charge >= 0.3 is 0 Å². The Morgan fingerprint density at radius 3 is 1.78 bits per heavy atom. The van der Waals surface area contributed by atoms with Crippen molar-refractivity contribution in [3.63, 3.8) is 0 Å². The SMILES string of the molecule is [2H]c1ccc(-c2c3ccccc3c(-c3cccc4oc5c6ccccc6ccc5c34)c3ccccc23)cc1. The van der Waals surface area contributed by atoms with Gasteiger partial charge in [0, 0.05) is 16.2 Å². The average Bonchev–Trinajstić information content (AvgIpc) is 3.36. The molecule has 1 aromatic heterocycles. The van der Waals surface area contributed by atoms with Crippen LogP contribution in [0.15, 0.2) is 138 Å². The molecular formula is C36H22O. The van der Waals surface area contributed by atoms with E-state index in [1.807, 2.05) is 12.1 Å². The lowest BCUT2D eigenvalue weighted by Gasteiger charge is -2.18. The Morgan fingerprint density at radius 2 is 1.08 bits per heavy atom. The molecule has 1 heteroatoms. The Balaban J connectivity index is 1.55. The van der Waals surface area contributed by atoms with Gasteiger partial charge in [0.25, 0.3) is 0 Å². The minimum atomic E-state index is 0.519. The molecule has 0 amide bonds. The molecule has 0 fully saturated rings. The first-order chi connectivity index (χ1) is 18.8. The van der Waals surface area contributed by atoms with Gasteiger partial charge in [0.05, 0.1) is 1.37 Å². The fourth-order valence-corrected chi connectivity index (χ4v) is 6.05. The van der Waals surface area contributed by atoms with Crippen molar-refractivity contribution in [3.05, 3.63) is 133 Å². The molecule has 0 N–H and O–H groups in total. The van der Waals surface area contributed by atoms with Gasteiger partial charge in [-0.2, -0.15) is 0 Å². The summed E-state index contributed by atoms with van der Waals surface area (Å²) < 4.78 is 14.5. The number of rotatable bonds is 2. The van der Waals surface area contributed by atoms with Gasteiger partial charge in [-0.05, 0) is 61.3 Å². The molecule has 0 aliphatic carbocycles. The van der Waals surface area contributed by atoms with E-state index in [1.165, 1.54) is 43.6 Å². The molecule has 8 aromatic rings. The van der Waals surface area contributed by atoms with Gasteiger partial charge in [0.2, 0.25) is 0 Å². The summed E-state index contributed by atoms with van der Waals surface area (Å²) in [6, 6.07) is 45.0. The minimum Gasteiger partial charge on any atom is -0.455 e. The minimum absolute atomic E-state index is 0.519. The van der Waals surface area contributed by atoms with Gasteiger partial charge in [-0.15, -0.1) is 0 Å². The van der Waals surface area contributed by atoms with Crippen LogP contribution in [0.2, 0.25) is 0 Å². The van der Waals surface area contributed by atoms with Gasteiger partial charge in [0.15, 0.2) is 0 Å². The van der Waals surface area contributed by atoms with Gasteiger partial charge in [-0.25, -0.2) is 0 Å². The lowest BCUT2D eigenvalue weighted by atomic mass is 9.85. The summed E-state index contributed by atoms with van der Waals surface area (Å²) in [5.74, 6) is 0. The van der Waals surface area contributed by atoms with E-state index in [0.29, 0.717) is 6.04 Å². The normalized spacial score (nSPS) is 12.2. The van der Waals surface area contributed by atoms with Crippen LogP contribution >= 0.6 is 0 Å². The predicted octanol–water partition coefficient (Wildman–Crippen LogP) is 10.4. The van der Waals surface area contributed by atoms with E-state index in [4.69, 9.17) is 5.79 Å². The molecule has 0 saturated heterocycles. The summed E-state index contributed by atoms with van der Waals surface area (Å²) in [5.41, 5.74) is 6.56. The van der Waals surface area contributed by atoms with Crippen LogP contribution in [-0.2, 0) is 0 Å². The third-order valence-electron chi connectivity index (χ3n) is 7.59. The van der Waals surface area contributed by atoms with Crippen molar-refractivity contribution >= 4 is 54.3 Å². The zero-order valence-corrected chi connectivity index (χ0v) is 20.0. The van der Waals surface area contributed by atoms with Crippen LogP contribution in [0, 0.1) is 0 Å². The lowest BCUT2D eigenvalue weighted by molar-refractivity contribution is 0.673. The number of benzene rings is 7. The van der Waals surface area contributed by atoms with Crippen LogP contribution in [0.4, 0.5) is 0 Å². The summed E-state index contributed by atoms with van der Waals surface area (Å²) in [5, 5.41) is 9.42. The Labute approximate surface area is 215 Å². The molecule has 1 heterocycles. The monoisotopic (exact) mass is 471 g/mol. The molecule has 37 heavy (non-hydrogen) atoms. The predicted molar refractivity (Wildman–Crippen MR) is 157 cm³/mol. The van der Waals surface area contributed by atoms with E-state index in [2.05, 4.69) is 115 Å². The molecule has 1 nitrogen and oxygen atoms in total. The molecule has 0 saturated carbocycles. The Kier molecular flexibility index (Phi) is 4.08. The Morgan fingerprint density at radius 1 is 0.459 bits per heavy atom. The number of furan rings is 1. The molecular weight excluding hydrogens is 448 g/mol. The third-order valence-corrected chi connectivity index (χ3v) is 7.59. The number of fused-ring (bicyclic) bond motifs is 7. The van der Waals surface area contributed by atoms with Crippen molar-refractivity contribution in [3.8, 4) is 22.3 Å². The highest BCUT2D eigenvalue weighted by atomic mass is 16.3. The summed E-state index contributed by atoms with van der Waals surface area (Å²) in [4.78, 5) is 0. The van der Waals surface area contributed by atoms with Gasteiger partial charge < -0.3 is 4.42 Å². The Bertz CT molecular complexity index is 2130. The van der Waals surface area contributed by atoms with E-state index < -0.39 is 0 Å². The topological polar surface area (TPSA) is 13.1 Å². The molecule has 7 aromatic carbocycles. The average molecular weight is 472 g/mol. The maximum atomic E-state index is 8.00. The first kappa shape index (κ1) is 19.3. The molecule has 0 bridgehead atoms. The van der Waals surface area contributed by atoms with Crippen LogP contribution in [0.25, 0.3) is 76.5 Å². The second kappa shape index (κ2) is 7.81. The molecule has 8 rings (SSSR count). The molecule has 172 valence electrons. The molecule has 0 atom stereocenters. The summed E-state index contributed by atoms with van der Waals surface area (Å²) in [6.45, 7) is 0. The van der Waals surface area contributed by atoms with Crippen molar-refractivity contribution in [2.75, 3.05) is 0 Å². The molecule has 0 aliphatic rings. The smallest absolute Gasteiger partial charge is 0.143 e. The van der Waals surface area contributed by atoms with Gasteiger partial charge in [-0.1, -0.05) is 121 Å². The van der Waals surface area contributed by atoms with Crippen LogP contribution in [0.3, 0.4) is 0 Å². The molecule has 0 spiro atoms. The van der Waals surface area contributed by atoms with Crippen LogP contribution in [-0.4, -0.2) is 0 Å². The van der Waals surface area contributed by atoms with Crippen molar-refractivity contribution < 1.29 is 5.79 Å². The highest BCUT2D eigenvalue weighted by molar-refractivity contribution is 6.26. The fourth-order valence-electron chi connectivity index (χ4n) is 6.05. The second-order valence-electron chi connectivity index (χ2n) is 9.57. The maximum Gasteiger partial charge on any atom is 0.143 e. The fraction of sp³-hybridized carbons (Fsp3) is 0. The third kappa shape index (κ3) is 2.92. The van der Waals surface area contributed by atoms with E-state index >= 15 is 0 Å². The van der Waals surface area contributed by atoms with Crippen molar-refractivity contribution in [2.45, 2.75) is 0 Å². The van der Waals surface area contributed by atoms with Crippen LogP contribution in [0.1, 0.15) is 1.37 Å². The molecule has 0 unspecified atom stereocenters. The Hall–Kier alpha value is -4.88. The first-order valence-corrected chi connectivity index (χ1v) is 12.6. The zero-order chi connectivity index (χ0) is 25.2. The first-order valence-electron chi connectivity index (χ1n) is 13.1. The number of hydrogen-bond donors (Lipinski definition) is 0. The van der Waals surface area contributed by atoms with Gasteiger partial charge in [-0.3, -0.25) is 0 Å². The summed E-state index contributed by atoms with van der Waals surface area (Å²) in [6.07, 6.45) is 0. The highest BCUT2D eigenvalue weighted by Gasteiger charge is 2.20. The van der Waals surface area contributed by atoms with Crippen molar-refractivity contribution in [1.82, 2.24) is 0 Å². The molecule has 0 radical (unpaired) electrons.